The summed E-state index contributed by atoms with van der Waals surface area (Å²) in [5, 5.41) is 8.89. The summed E-state index contributed by atoms with van der Waals surface area (Å²) in [4.78, 5) is 12.4. The third-order valence-electron chi connectivity index (χ3n) is 3.33. The minimum Gasteiger partial charge on any atom is -0.493 e. The molecule has 0 aromatic heterocycles. The van der Waals surface area contributed by atoms with E-state index in [1.165, 1.54) is 37.4 Å². The predicted molar refractivity (Wildman–Crippen MR) is 85.2 cm³/mol. The Morgan fingerprint density at radius 3 is 2.32 bits per heavy atom. The average molecular weight is 347 g/mol. The normalized spacial score (nSPS) is 11.5. The summed E-state index contributed by atoms with van der Waals surface area (Å²) in [6, 6.07) is 11.9. The zero-order chi connectivity index (χ0) is 18.4. The van der Waals surface area contributed by atoms with Crippen LogP contribution in [0.2, 0.25) is 0 Å². The quantitative estimate of drug-likeness (QED) is 0.712. The van der Waals surface area contributed by atoms with Crippen LogP contribution in [0.25, 0.3) is 0 Å². The molecule has 1 atom stereocenters. The van der Waals surface area contributed by atoms with E-state index < -0.39 is 12.7 Å². The van der Waals surface area contributed by atoms with E-state index in [1.54, 1.807) is 19.1 Å². The lowest BCUT2D eigenvalue weighted by Crippen LogP contribution is -2.24. The Hall–Kier alpha value is -3.14. The summed E-state index contributed by atoms with van der Waals surface area (Å²) in [6.07, 6.45) is -0.844. The number of hydrogen-bond donors (Lipinski definition) is 0. The number of alkyl halides is 2. The first-order chi connectivity index (χ1) is 11.9. The molecular formula is C18H15F2NO4. The van der Waals surface area contributed by atoms with Crippen molar-refractivity contribution in [3.8, 4) is 23.3 Å². The average Bonchev–Trinajstić information content (AvgIpc) is 2.61. The highest BCUT2D eigenvalue weighted by molar-refractivity contribution is 5.99. The lowest BCUT2D eigenvalue weighted by molar-refractivity contribution is -0.0498. The molecule has 7 heteroatoms. The van der Waals surface area contributed by atoms with Crippen LogP contribution in [0.15, 0.2) is 42.5 Å². The maximum absolute atomic E-state index is 12.4. The Morgan fingerprint density at radius 1 is 1.08 bits per heavy atom. The van der Waals surface area contributed by atoms with E-state index in [9.17, 15) is 13.6 Å². The standard InChI is InChI=1S/C18H15F2NO4/c1-11(24-15-8-3-12(10-21)9-16(15)23-2)17(22)13-4-6-14(7-5-13)25-18(19)20/h3-9,11,18H,1-2H3/t11-/m1/s1. The van der Waals surface area contributed by atoms with Crippen molar-refractivity contribution in [2.45, 2.75) is 19.6 Å². The van der Waals surface area contributed by atoms with Crippen molar-refractivity contribution in [3.63, 3.8) is 0 Å². The largest absolute Gasteiger partial charge is 0.493 e. The number of methoxy groups -OCH3 is 1. The van der Waals surface area contributed by atoms with Gasteiger partial charge in [-0.3, -0.25) is 4.79 Å². The van der Waals surface area contributed by atoms with Crippen LogP contribution >= 0.6 is 0 Å². The summed E-state index contributed by atoms with van der Waals surface area (Å²) >= 11 is 0. The van der Waals surface area contributed by atoms with Crippen LogP contribution in [0.5, 0.6) is 17.2 Å². The van der Waals surface area contributed by atoms with E-state index in [2.05, 4.69) is 4.74 Å². The topological polar surface area (TPSA) is 68.5 Å². The molecule has 0 aliphatic carbocycles. The van der Waals surface area contributed by atoms with E-state index in [4.69, 9.17) is 14.7 Å². The van der Waals surface area contributed by atoms with Crippen molar-refractivity contribution in [2.75, 3.05) is 7.11 Å². The highest BCUT2D eigenvalue weighted by atomic mass is 19.3. The van der Waals surface area contributed by atoms with Crippen molar-refractivity contribution >= 4 is 5.78 Å². The van der Waals surface area contributed by atoms with Crippen LogP contribution in [-0.4, -0.2) is 25.6 Å². The number of ketones is 1. The molecule has 0 unspecified atom stereocenters. The maximum Gasteiger partial charge on any atom is 0.387 e. The SMILES string of the molecule is COc1cc(C#N)ccc1O[C@H](C)C(=O)c1ccc(OC(F)F)cc1. The van der Waals surface area contributed by atoms with Crippen molar-refractivity contribution in [1.29, 1.82) is 5.26 Å². The number of carbonyl (C=O) groups is 1. The number of halogens is 2. The van der Waals surface area contributed by atoms with Gasteiger partial charge in [-0.25, -0.2) is 0 Å². The van der Waals surface area contributed by atoms with E-state index in [0.29, 0.717) is 22.6 Å². The molecule has 0 saturated heterocycles. The van der Waals surface area contributed by atoms with Gasteiger partial charge in [-0.1, -0.05) is 0 Å². The molecular weight excluding hydrogens is 332 g/mol. The molecule has 25 heavy (non-hydrogen) atoms. The van der Waals surface area contributed by atoms with Crippen LogP contribution in [0.1, 0.15) is 22.8 Å². The third kappa shape index (κ3) is 4.67. The first-order valence-corrected chi connectivity index (χ1v) is 7.28. The van der Waals surface area contributed by atoms with Gasteiger partial charge in [-0.2, -0.15) is 14.0 Å². The molecule has 0 bridgehead atoms. The molecule has 2 rings (SSSR count). The van der Waals surface area contributed by atoms with Crippen molar-refractivity contribution in [3.05, 3.63) is 53.6 Å². The Balaban J connectivity index is 2.11. The van der Waals surface area contributed by atoms with Gasteiger partial charge in [0.1, 0.15) is 5.75 Å². The van der Waals surface area contributed by atoms with Gasteiger partial charge in [0.15, 0.2) is 17.6 Å². The zero-order valence-electron chi connectivity index (χ0n) is 13.5. The van der Waals surface area contributed by atoms with E-state index in [-0.39, 0.29) is 11.5 Å². The summed E-state index contributed by atoms with van der Waals surface area (Å²) in [7, 11) is 1.43. The minimum atomic E-state index is -2.92. The van der Waals surface area contributed by atoms with Gasteiger partial charge in [0, 0.05) is 11.6 Å². The van der Waals surface area contributed by atoms with Gasteiger partial charge in [0.25, 0.3) is 0 Å². The fraction of sp³-hybridized carbons (Fsp3) is 0.222. The second kappa shape index (κ2) is 8.11. The number of ether oxygens (including phenoxy) is 3. The smallest absolute Gasteiger partial charge is 0.387 e. The molecule has 0 fully saturated rings. The zero-order valence-corrected chi connectivity index (χ0v) is 13.5. The molecule has 0 N–H and O–H groups in total. The number of Topliss-reactive ketones (excluding diaryl/α,β-unsaturated/α-hetero) is 1. The van der Waals surface area contributed by atoms with Gasteiger partial charge in [-0.05, 0) is 43.3 Å². The van der Waals surface area contributed by atoms with Crippen LogP contribution in [0.4, 0.5) is 8.78 Å². The molecule has 5 nitrogen and oxygen atoms in total. The predicted octanol–water partition coefficient (Wildman–Crippen LogP) is 3.82. The van der Waals surface area contributed by atoms with Gasteiger partial charge in [0.05, 0.1) is 18.7 Å². The molecule has 130 valence electrons. The van der Waals surface area contributed by atoms with E-state index in [1.807, 2.05) is 6.07 Å². The number of nitriles is 1. The first kappa shape index (κ1) is 18.2. The molecule has 0 heterocycles. The van der Waals surface area contributed by atoms with Crippen LogP contribution in [0, 0.1) is 11.3 Å². The molecule has 0 aliphatic rings. The fourth-order valence-electron chi connectivity index (χ4n) is 2.11. The Morgan fingerprint density at radius 2 is 1.76 bits per heavy atom. The van der Waals surface area contributed by atoms with Crippen LogP contribution in [0.3, 0.4) is 0 Å². The second-order valence-corrected chi connectivity index (χ2v) is 5.00. The van der Waals surface area contributed by atoms with Gasteiger partial charge < -0.3 is 14.2 Å². The highest BCUT2D eigenvalue weighted by Crippen LogP contribution is 2.29. The summed E-state index contributed by atoms with van der Waals surface area (Å²) in [5.41, 5.74) is 0.694. The highest BCUT2D eigenvalue weighted by Gasteiger charge is 2.19. The number of nitrogens with zero attached hydrogens (tertiary/aromatic N) is 1. The molecule has 0 amide bonds. The number of hydrogen-bond acceptors (Lipinski definition) is 5. The molecule has 0 aliphatic heterocycles. The lowest BCUT2D eigenvalue weighted by atomic mass is 10.1. The summed E-state index contributed by atoms with van der Waals surface area (Å²) in [5.74, 6) is 0.281. The molecule has 0 radical (unpaired) electrons. The summed E-state index contributed by atoms with van der Waals surface area (Å²) in [6.45, 7) is -1.36. The molecule has 0 saturated carbocycles. The van der Waals surface area contributed by atoms with Gasteiger partial charge >= 0.3 is 6.61 Å². The first-order valence-electron chi connectivity index (χ1n) is 7.28. The van der Waals surface area contributed by atoms with E-state index >= 15 is 0 Å². The maximum atomic E-state index is 12.4. The number of rotatable bonds is 7. The summed E-state index contributed by atoms with van der Waals surface area (Å²) < 4.78 is 39.3. The van der Waals surface area contributed by atoms with Crippen LogP contribution < -0.4 is 14.2 Å². The number of carbonyl (C=O) groups excluding carboxylic acids is 1. The van der Waals surface area contributed by atoms with Gasteiger partial charge in [0.2, 0.25) is 5.78 Å². The third-order valence-corrected chi connectivity index (χ3v) is 3.33. The monoisotopic (exact) mass is 347 g/mol. The molecule has 2 aromatic rings. The van der Waals surface area contributed by atoms with Gasteiger partial charge in [-0.15, -0.1) is 0 Å². The lowest BCUT2D eigenvalue weighted by Gasteiger charge is -2.16. The Bertz CT molecular complexity index is 785. The number of benzene rings is 2. The van der Waals surface area contributed by atoms with Crippen LogP contribution in [-0.2, 0) is 0 Å². The Kier molecular flexibility index (Phi) is 5.90. The van der Waals surface area contributed by atoms with E-state index in [0.717, 1.165) is 0 Å². The Labute approximate surface area is 143 Å². The van der Waals surface area contributed by atoms with Crippen molar-refractivity contribution in [2.24, 2.45) is 0 Å². The van der Waals surface area contributed by atoms with Crippen molar-refractivity contribution in [1.82, 2.24) is 0 Å². The fourth-order valence-corrected chi connectivity index (χ4v) is 2.11. The minimum absolute atomic E-state index is 0.0334. The van der Waals surface area contributed by atoms with Crippen molar-refractivity contribution < 1.29 is 27.8 Å². The second-order valence-electron chi connectivity index (χ2n) is 5.00. The molecule has 0 spiro atoms. The molecule has 2 aromatic carbocycles.